The van der Waals surface area contributed by atoms with Crippen molar-refractivity contribution in [3.8, 4) is 11.3 Å². The van der Waals surface area contributed by atoms with Crippen LogP contribution in [0.25, 0.3) is 11.3 Å². The van der Waals surface area contributed by atoms with Gasteiger partial charge in [-0.2, -0.15) is 4.98 Å². The van der Waals surface area contributed by atoms with Crippen LogP contribution in [0.15, 0.2) is 39.6 Å². The van der Waals surface area contributed by atoms with E-state index in [0.29, 0.717) is 16.4 Å². The monoisotopic (exact) mass is 333 g/mol. The van der Waals surface area contributed by atoms with Crippen LogP contribution in [0, 0.1) is 6.92 Å². The van der Waals surface area contributed by atoms with Gasteiger partial charge in [-0.05, 0) is 26.0 Å². The standard InChI is InChI=1S/C15H12ClN3O4/c1-8(14-18-9(2)19-23-14)22-15(20)12-13(21-7-17-12)10-5-3-4-6-11(10)16/h3-8H,1-2H3/t8-/m1/s1. The summed E-state index contributed by atoms with van der Waals surface area (Å²) in [6.07, 6.45) is 0.455. The van der Waals surface area contributed by atoms with E-state index in [1.165, 1.54) is 0 Å². The van der Waals surface area contributed by atoms with Crippen molar-refractivity contribution in [2.45, 2.75) is 20.0 Å². The second kappa shape index (κ2) is 6.21. The number of oxazole rings is 1. The molecule has 7 nitrogen and oxygen atoms in total. The normalized spacial score (nSPS) is 12.1. The maximum atomic E-state index is 12.3. The molecule has 23 heavy (non-hydrogen) atoms. The summed E-state index contributed by atoms with van der Waals surface area (Å²) < 4.78 is 15.6. The first-order chi connectivity index (χ1) is 11.1. The van der Waals surface area contributed by atoms with Crippen LogP contribution >= 0.6 is 11.6 Å². The van der Waals surface area contributed by atoms with Crippen LogP contribution in [-0.4, -0.2) is 21.1 Å². The molecule has 1 atom stereocenters. The lowest BCUT2D eigenvalue weighted by molar-refractivity contribution is 0.0260. The summed E-state index contributed by atoms with van der Waals surface area (Å²) in [5.74, 6) is 0.242. The van der Waals surface area contributed by atoms with Crippen LogP contribution in [0.5, 0.6) is 0 Å². The van der Waals surface area contributed by atoms with Gasteiger partial charge in [-0.25, -0.2) is 9.78 Å². The van der Waals surface area contributed by atoms with Crippen LogP contribution in [0.1, 0.15) is 35.2 Å². The average molecular weight is 334 g/mol. The maximum Gasteiger partial charge on any atom is 0.361 e. The quantitative estimate of drug-likeness (QED) is 0.673. The Bertz CT molecular complexity index is 843. The van der Waals surface area contributed by atoms with Crippen LogP contribution in [0.3, 0.4) is 0 Å². The number of aromatic nitrogens is 3. The minimum atomic E-state index is -0.709. The van der Waals surface area contributed by atoms with Gasteiger partial charge in [-0.15, -0.1) is 0 Å². The molecule has 0 aliphatic carbocycles. The molecular formula is C15H12ClN3O4. The lowest BCUT2D eigenvalue weighted by Crippen LogP contribution is -2.11. The summed E-state index contributed by atoms with van der Waals surface area (Å²) in [5, 5.41) is 4.10. The predicted molar refractivity (Wildman–Crippen MR) is 79.8 cm³/mol. The second-order valence-electron chi connectivity index (χ2n) is 4.74. The zero-order chi connectivity index (χ0) is 16.4. The van der Waals surface area contributed by atoms with E-state index in [9.17, 15) is 4.79 Å². The molecule has 3 rings (SSSR count). The number of halogens is 1. The molecule has 0 fully saturated rings. The Kier molecular flexibility index (Phi) is 4.12. The van der Waals surface area contributed by atoms with Crippen molar-refractivity contribution in [2.75, 3.05) is 0 Å². The van der Waals surface area contributed by atoms with E-state index in [1.807, 2.05) is 0 Å². The molecule has 0 saturated carbocycles. The van der Waals surface area contributed by atoms with Crippen LogP contribution in [-0.2, 0) is 4.74 Å². The maximum absolute atomic E-state index is 12.3. The Labute approximate surface area is 136 Å². The Morgan fingerprint density at radius 3 is 2.83 bits per heavy atom. The first-order valence-corrected chi connectivity index (χ1v) is 7.13. The Morgan fingerprint density at radius 1 is 1.35 bits per heavy atom. The lowest BCUT2D eigenvalue weighted by atomic mass is 10.1. The third-order valence-electron chi connectivity index (χ3n) is 3.05. The number of benzene rings is 1. The fourth-order valence-electron chi connectivity index (χ4n) is 1.97. The molecular weight excluding hydrogens is 322 g/mol. The second-order valence-corrected chi connectivity index (χ2v) is 5.14. The SMILES string of the molecule is Cc1noc([C@@H](C)OC(=O)c2ncoc2-c2ccccc2Cl)n1. The molecule has 0 radical (unpaired) electrons. The van der Waals surface area contributed by atoms with E-state index < -0.39 is 12.1 Å². The number of aryl methyl sites for hydroxylation is 1. The summed E-state index contributed by atoms with van der Waals surface area (Å²) in [4.78, 5) is 20.3. The zero-order valence-corrected chi connectivity index (χ0v) is 13.1. The van der Waals surface area contributed by atoms with E-state index in [2.05, 4.69) is 15.1 Å². The number of hydrogen-bond donors (Lipinski definition) is 0. The molecule has 8 heteroatoms. The van der Waals surface area contributed by atoms with Gasteiger partial charge in [0.05, 0.1) is 5.02 Å². The van der Waals surface area contributed by atoms with Crippen molar-refractivity contribution < 1.29 is 18.5 Å². The molecule has 1 aromatic carbocycles. The summed E-state index contributed by atoms with van der Waals surface area (Å²) in [6, 6.07) is 6.98. The van der Waals surface area contributed by atoms with E-state index in [-0.39, 0.29) is 17.3 Å². The van der Waals surface area contributed by atoms with Crippen molar-refractivity contribution in [2.24, 2.45) is 0 Å². The van der Waals surface area contributed by atoms with Crippen molar-refractivity contribution in [1.29, 1.82) is 0 Å². The Hall–Kier alpha value is -2.67. The molecule has 0 bridgehead atoms. The van der Waals surface area contributed by atoms with Crippen molar-refractivity contribution in [1.82, 2.24) is 15.1 Å². The molecule has 0 aliphatic rings. The summed E-state index contributed by atoms with van der Waals surface area (Å²) in [5.41, 5.74) is 0.584. The molecule has 0 unspecified atom stereocenters. The highest BCUT2D eigenvalue weighted by molar-refractivity contribution is 6.33. The van der Waals surface area contributed by atoms with Gasteiger partial charge >= 0.3 is 5.97 Å². The lowest BCUT2D eigenvalue weighted by Gasteiger charge is -2.08. The van der Waals surface area contributed by atoms with E-state index in [4.69, 9.17) is 25.3 Å². The number of carbonyl (C=O) groups excluding carboxylic acids is 1. The van der Waals surface area contributed by atoms with Gasteiger partial charge in [-0.3, -0.25) is 0 Å². The highest BCUT2D eigenvalue weighted by Gasteiger charge is 2.25. The first-order valence-electron chi connectivity index (χ1n) is 6.76. The molecule has 2 aromatic heterocycles. The van der Waals surface area contributed by atoms with Crippen LogP contribution in [0.4, 0.5) is 0 Å². The van der Waals surface area contributed by atoms with Crippen LogP contribution in [0.2, 0.25) is 5.02 Å². The third kappa shape index (κ3) is 3.09. The minimum absolute atomic E-state index is 0.0289. The number of hydrogen-bond acceptors (Lipinski definition) is 7. The smallest absolute Gasteiger partial charge is 0.361 e. The molecule has 2 heterocycles. The molecule has 0 amide bonds. The Balaban J connectivity index is 1.84. The van der Waals surface area contributed by atoms with Gasteiger partial charge < -0.3 is 13.7 Å². The number of carbonyl (C=O) groups is 1. The third-order valence-corrected chi connectivity index (χ3v) is 3.38. The van der Waals surface area contributed by atoms with E-state index >= 15 is 0 Å². The fourth-order valence-corrected chi connectivity index (χ4v) is 2.19. The van der Waals surface area contributed by atoms with Gasteiger partial charge in [0.1, 0.15) is 0 Å². The predicted octanol–water partition coefficient (Wildman–Crippen LogP) is 3.60. The Morgan fingerprint density at radius 2 is 2.13 bits per heavy atom. The number of rotatable bonds is 4. The van der Waals surface area contributed by atoms with Crippen molar-refractivity contribution in [3.05, 3.63) is 53.1 Å². The molecule has 0 spiro atoms. The largest absolute Gasteiger partial charge is 0.448 e. The highest BCUT2D eigenvalue weighted by Crippen LogP contribution is 2.31. The minimum Gasteiger partial charge on any atom is -0.448 e. The average Bonchev–Trinajstić information content (AvgIpc) is 3.16. The van der Waals surface area contributed by atoms with E-state index in [0.717, 1.165) is 6.39 Å². The van der Waals surface area contributed by atoms with Crippen LogP contribution < -0.4 is 0 Å². The van der Waals surface area contributed by atoms with Crippen molar-refractivity contribution >= 4 is 17.6 Å². The first kappa shape index (κ1) is 15.2. The molecule has 3 aromatic rings. The summed E-state index contributed by atoms with van der Waals surface area (Å²) in [7, 11) is 0. The van der Waals surface area contributed by atoms with Gasteiger partial charge in [0.15, 0.2) is 29.8 Å². The number of esters is 1. The highest BCUT2D eigenvalue weighted by atomic mass is 35.5. The van der Waals surface area contributed by atoms with Gasteiger partial charge in [0, 0.05) is 5.56 Å². The number of nitrogens with zero attached hydrogens (tertiary/aromatic N) is 3. The summed E-state index contributed by atoms with van der Waals surface area (Å²) >= 11 is 6.12. The zero-order valence-electron chi connectivity index (χ0n) is 12.3. The van der Waals surface area contributed by atoms with Gasteiger partial charge in [0.2, 0.25) is 0 Å². The van der Waals surface area contributed by atoms with Crippen molar-refractivity contribution in [3.63, 3.8) is 0 Å². The topological polar surface area (TPSA) is 91.2 Å². The van der Waals surface area contributed by atoms with E-state index in [1.54, 1.807) is 38.1 Å². The molecule has 0 N–H and O–H groups in total. The number of ether oxygens (including phenoxy) is 1. The molecule has 118 valence electrons. The van der Waals surface area contributed by atoms with Gasteiger partial charge in [0.25, 0.3) is 5.89 Å². The van der Waals surface area contributed by atoms with Gasteiger partial charge in [-0.1, -0.05) is 28.9 Å². The summed E-state index contributed by atoms with van der Waals surface area (Å²) in [6.45, 7) is 3.30. The fraction of sp³-hybridized carbons (Fsp3) is 0.200. The molecule has 0 aliphatic heterocycles. The molecule has 0 saturated heterocycles.